The first-order valence-electron chi connectivity index (χ1n) is 7.98. The van der Waals surface area contributed by atoms with E-state index in [9.17, 15) is 19.8 Å². The van der Waals surface area contributed by atoms with Crippen molar-refractivity contribution in [3.8, 4) is 0 Å². The molecule has 6 nitrogen and oxygen atoms in total. The Hall–Kier alpha value is -1.63. The maximum atomic E-state index is 12.2. The van der Waals surface area contributed by atoms with Gasteiger partial charge in [0.2, 0.25) is 0 Å². The first-order chi connectivity index (χ1) is 11.5. The Kier molecular flexibility index (Phi) is 6.61. The highest BCUT2D eigenvalue weighted by Crippen LogP contribution is 2.37. The van der Waals surface area contributed by atoms with Crippen LogP contribution >= 0.6 is 11.6 Å². The number of aliphatic hydroxyl groups is 1. The molecule has 25 heavy (non-hydrogen) atoms. The molecule has 0 aliphatic carbocycles. The SMILES string of the molecule is CN(C(=O)O)[C@@](C=O)(N[C@@](C)(c1ccccc1)[C@@H](O)CCl)C(C)(C)C. The topological polar surface area (TPSA) is 89.9 Å². The molecule has 0 aliphatic rings. The molecule has 0 spiro atoms. The summed E-state index contributed by atoms with van der Waals surface area (Å²) in [5.41, 5.74) is -2.85. The lowest BCUT2D eigenvalue weighted by molar-refractivity contribution is -0.131. The van der Waals surface area contributed by atoms with Crippen molar-refractivity contribution in [2.24, 2.45) is 5.41 Å². The molecule has 1 rings (SSSR count). The molecule has 140 valence electrons. The molecule has 0 aromatic heterocycles. The van der Waals surface area contributed by atoms with Crippen LogP contribution in [0.5, 0.6) is 0 Å². The van der Waals surface area contributed by atoms with E-state index in [1.807, 2.05) is 6.07 Å². The quantitative estimate of drug-likeness (QED) is 0.390. The number of amides is 1. The summed E-state index contributed by atoms with van der Waals surface area (Å²) in [5.74, 6) is -0.0890. The number of carbonyl (C=O) groups excluding carboxylic acids is 1. The van der Waals surface area contributed by atoms with Crippen molar-refractivity contribution in [2.45, 2.75) is 45.0 Å². The van der Waals surface area contributed by atoms with Crippen molar-refractivity contribution >= 4 is 24.0 Å². The first kappa shape index (κ1) is 21.4. The highest BCUT2D eigenvalue weighted by atomic mass is 35.5. The lowest BCUT2D eigenvalue weighted by Crippen LogP contribution is -2.73. The number of halogens is 1. The zero-order valence-electron chi connectivity index (χ0n) is 15.3. The van der Waals surface area contributed by atoms with Crippen molar-refractivity contribution in [3.63, 3.8) is 0 Å². The van der Waals surface area contributed by atoms with Crippen LogP contribution in [0.1, 0.15) is 33.3 Å². The van der Waals surface area contributed by atoms with Gasteiger partial charge in [-0.05, 0) is 12.5 Å². The molecule has 0 unspecified atom stereocenters. The van der Waals surface area contributed by atoms with E-state index in [0.717, 1.165) is 4.90 Å². The van der Waals surface area contributed by atoms with Gasteiger partial charge in [-0.3, -0.25) is 15.0 Å². The van der Waals surface area contributed by atoms with Gasteiger partial charge in [0.15, 0.2) is 11.9 Å². The van der Waals surface area contributed by atoms with Crippen LogP contribution in [0.2, 0.25) is 0 Å². The van der Waals surface area contributed by atoms with Crippen molar-refractivity contribution < 1.29 is 19.8 Å². The largest absolute Gasteiger partial charge is 0.465 e. The molecule has 0 saturated carbocycles. The molecule has 1 aromatic carbocycles. The van der Waals surface area contributed by atoms with Crippen LogP contribution in [0.3, 0.4) is 0 Å². The molecule has 0 bridgehead atoms. The summed E-state index contributed by atoms with van der Waals surface area (Å²) >= 11 is 5.91. The fraction of sp³-hybridized carbons (Fsp3) is 0.556. The first-order valence-corrected chi connectivity index (χ1v) is 8.51. The molecule has 1 amide bonds. The van der Waals surface area contributed by atoms with Gasteiger partial charge in [0.1, 0.15) is 0 Å². The number of aliphatic hydroxyl groups excluding tert-OH is 1. The molecule has 7 heteroatoms. The van der Waals surface area contributed by atoms with Gasteiger partial charge in [-0.1, -0.05) is 51.1 Å². The van der Waals surface area contributed by atoms with Crippen LogP contribution in [0.25, 0.3) is 0 Å². The molecule has 0 fully saturated rings. The lowest BCUT2D eigenvalue weighted by Gasteiger charge is -2.52. The Morgan fingerprint density at radius 3 is 2.16 bits per heavy atom. The number of carboxylic acid groups (broad SMARTS) is 1. The van der Waals surface area contributed by atoms with Gasteiger partial charge in [-0.2, -0.15) is 0 Å². The number of aldehydes is 1. The smallest absolute Gasteiger partial charge is 0.408 e. The van der Waals surface area contributed by atoms with Crippen molar-refractivity contribution in [2.75, 3.05) is 12.9 Å². The molecule has 0 saturated heterocycles. The molecule has 1 aromatic rings. The number of carbonyl (C=O) groups is 2. The van der Waals surface area contributed by atoms with E-state index in [0.29, 0.717) is 11.8 Å². The van der Waals surface area contributed by atoms with Crippen LogP contribution in [0.15, 0.2) is 30.3 Å². The number of rotatable bonds is 7. The summed E-state index contributed by atoms with van der Waals surface area (Å²) in [7, 11) is 1.33. The van der Waals surface area contributed by atoms with Crippen LogP contribution in [0.4, 0.5) is 4.79 Å². The van der Waals surface area contributed by atoms with Gasteiger partial charge in [0.25, 0.3) is 0 Å². The molecule has 3 atom stereocenters. The van der Waals surface area contributed by atoms with Crippen LogP contribution in [-0.2, 0) is 10.3 Å². The van der Waals surface area contributed by atoms with E-state index < -0.39 is 28.8 Å². The van der Waals surface area contributed by atoms with Gasteiger partial charge in [-0.15, -0.1) is 11.6 Å². The number of alkyl halides is 1. The predicted octanol–water partition coefficient (Wildman–Crippen LogP) is 2.64. The summed E-state index contributed by atoms with van der Waals surface area (Å²) in [4.78, 5) is 24.7. The molecule has 0 aliphatic heterocycles. The van der Waals surface area contributed by atoms with Crippen molar-refractivity contribution in [1.82, 2.24) is 10.2 Å². The second kappa shape index (κ2) is 7.72. The average molecular weight is 371 g/mol. The molecular weight excluding hydrogens is 344 g/mol. The van der Waals surface area contributed by atoms with E-state index in [1.54, 1.807) is 52.0 Å². The normalized spacial score (nSPS) is 17.9. The summed E-state index contributed by atoms with van der Waals surface area (Å²) < 4.78 is 0. The third-order valence-electron chi connectivity index (χ3n) is 4.77. The Bertz CT molecular complexity index is 605. The zero-order chi connectivity index (χ0) is 19.5. The molecule has 3 N–H and O–H groups in total. The average Bonchev–Trinajstić information content (AvgIpc) is 2.57. The lowest BCUT2D eigenvalue weighted by atomic mass is 9.76. The second-order valence-corrected chi connectivity index (χ2v) is 7.65. The summed E-state index contributed by atoms with van der Waals surface area (Å²) in [5, 5.41) is 23.2. The zero-order valence-corrected chi connectivity index (χ0v) is 16.0. The van der Waals surface area contributed by atoms with E-state index in [2.05, 4.69) is 5.32 Å². The van der Waals surface area contributed by atoms with E-state index in [4.69, 9.17) is 11.6 Å². The third kappa shape index (κ3) is 3.97. The summed E-state index contributed by atoms with van der Waals surface area (Å²) in [6.45, 7) is 6.97. The van der Waals surface area contributed by atoms with Gasteiger partial charge < -0.3 is 10.2 Å². The number of benzene rings is 1. The fourth-order valence-corrected chi connectivity index (χ4v) is 3.20. The Balaban J connectivity index is 3.58. The summed E-state index contributed by atoms with van der Waals surface area (Å²) in [6, 6.07) is 9.02. The van der Waals surface area contributed by atoms with Crippen molar-refractivity contribution in [1.29, 1.82) is 0 Å². The standard InChI is InChI=1S/C18H27ClN2O4/c1-16(2,3)18(12-22,21(5)15(24)25)20-17(4,14(23)11-19)13-9-7-6-8-10-13/h6-10,12,14,20,23H,11H2,1-5H3,(H,24,25)/t14-,17-,18+/m0/s1. The Morgan fingerprint density at radius 2 is 1.80 bits per heavy atom. The molecular formula is C18H27ClN2O4. The summed E-state index contributed by atoms with van der Waals surface area (Å²) in [6.07, 6.45) is -1.74. The number of nitrogens with zero attached hydrogens (tertiary/aromatic N) is 1. The highest BCUT2D eigenvalue weighted by molar-refractivity contribution is 6.18. The minimum absolute atomic E-state index is 0.0890. The van der Waals surface area contributed by atoms with Crippen LogP contribution in [-0.4, -0.2) is 52.2 Å². The number of nitrogens with one attached hydrogen (secondary N) is 1. The minimum atomic E-state index is -1.59. The fourth-order valence-electron chi connectivity index (χ4n) is 2.89. The monoisotopic (exact) mass is 370 g/mol. The minimum Gasteiger partial charge on any atom is -0.465 e. The Labute approximate surface area is 153 Å². The van der Waals surface area contributed by atoms with Gasteiger partial charge in [0, 0.05) is 12.5 Å². The van der Waals surface area contributed by atoms with Crippen LogP contribution in [0, 0.1) is 5.41 Å². The highest BCUT2D eigenvalue weighted by Gasteiger charge is 2.53. The third-order valence-corrected chi connectivity index (χ3v) is 5.06. The molecule has 0 heterocycles. The second-order valence-electron chi connectivity index (χ2n) is 7.34. The maximum Gasteiger partial charge on any atom is 0.408 e. The maximum absolute atomic E-state index is 12.2. The van der Waals surface area contributed by atoms with Gasteiger partial charge >= 0.3 is 6.09 Å². The van der Waals surface area contributed by atoms with E-state index in [-0.39, 0.29) is 5.88 Å². The van der Waals surface area contributed by atoms with Crippen molar-refractivity contribution in [3.05, 3.63) is 35.9 Å². The van der Waals surface area contributed by atoms with E-state index in [1.165, 1.54) is 7.05 Å². The number of hydrogen-bond acceptors (Lipinski definition) is 4. The number of likely N-dealkylation sites (N-methyl/N-ethyl adjacent to an activating group) is 1. The van der Waals surface area contributed by atoms with Gasteiger partial charge in [0.05, 0.1) is 17.5 Å². The Morgan fingerprint density at radius 1 is 1.28 bits per heavy atom. The number of hydrogen-bond donors (Lipinski definition) is 3. The predicted molar refractivity (Wildman–Crippen MR) is 97.7 cm³/mol. The molecule has 0 radical (unpaired) electrons. The van der Waals surface area contributed by atoms with Crippen LogP contribution < -0.4 is 5.32 Å². The van der Waals surface area contributed by atoms with Gasteiger partial charge in [-0.25, -0.2) is 4.79 Å². The van der Waals surface area contributed by atoms with E-state index >= 15 is 0 Å².